The van der Waals surface area contributed by atoms with E-state index in [1.807, 2.05) is 6.92 Å². The van der Waals surface area contributed by atoms with Crippen LogP contribution in [0.15, 0.2) is 0 Å². The molecule has 1 aliphatic heterocycles. The van der Waals surface area contributed by atoms with Crippen LogP contribution in [0, 0.1) is 5.92 Å². The maximum Gasteiger partial charge on any atom is 0.409 e. The Hall–Kier alpha value is -0.770. The van der Waals surface area contributed by atoms with Gasteiger partial charge in [-0.3, -0.25) is 0 Å². The van der Waals surface area contributed by atoms with Crippen LogP contribution in [0.3, 0.4) is 0 Å². The van der Waals surface area contributed by atoms with Crippen molar-refractivity contribution >= 4 is 6.09 Å². The number of hydrogen-bond donors (Lipinski definition) is 1. The van der Waals surface area contributed by atoms with E-state index in [2.05, 4.69) is 0 Å². The molecule has 1 N–H and O–H groups in total. The number of aliphatic hydroxyl groups is 1. The van der Waals surface area contributed by atoms with Crippen molar-refractivity contribution < 1.29 is 14.6 Å². The van der Waals surface area contributed by atoms with Crippen LogP contribution in [0.25, 0.3) is 0 Å². The Labute approximate surface area is 72.1 Å². The SMILES string of the molecule is CC(CCO)CN1CCOC1=O. The quantitative estimate of drug-likeness (QED) is 0.671. The predicted molar refractivity (Wildman–Crippen MR) is 43.8 cm³/mol. The first kappa shape index (κ1) is 9.32. The van der Waals surface area contributed by atoms with Crippen molar-refractivity contribution in [3.8, 4) is 0 Å². The van der Waals surface area contributed by atoms with Gasteiger partial charge in [0.1, 0.15) is 6.61 Å². The fourth-order valence-corrected chi connectivity index (χ4v) is 1.28. The van der Waals surface area contributed by atoms with Gasteiger partial charge in [-0.05, 0) is 12.3 Å². The minimum atomic E-state index is -0.222. The third-order valence-corrected chi connectivity index (χ3v) is 2.00. The highest BCUT2D eigenvalue weighted by atomic mass is 16.6. The Morgan fingerprint density at radius 2 is 2.50 bits per heavy atom. The number of carbonyl (C=O) groups excluding carboxylic acids is 1. The number of rotatable bonds is 4. The van der Waals surface area contributed by atoms with Crippen LogP contribution in [0.5, 0.6) is 0 Å². The first-order valence-electron chi connectivity index (χ1n) is 4.26. The van der Waals surface area contributed by atoms with Crippen molar-refractivity contribution in [2.45, 2.75) is 13.3 Å². The van der Waals surface area contributed by atoms with E-state index in [4.69, 9.17) is 9.84 Å². The summed E-state index contributed by atoms with van der Waals surface area (Å²) in [6.07, 6.45) is 0.517. The fourth-order valence-electron chi connectivity index (χ4n) is 1.28. The molecule has 1 amide bonds. The molecule has 0 saturated carbocycles. The molecule has 4 heteroatoms. The third-order valence-electron chi connectivity index (χ3n) is 2.00. The lowest BCUT2D eigenvalue weighted by molar-refractivity contribution is 0.152. The van der Waals surface area contributed by atoms with Gasteiger partial charge in [0.2, 0.25) is 0 Å². The van der Waals surface area contributed by atoms with E-state index in [9.17, 15) is 4.79 Å². The monoisotopic (exact) mass is 173 g/mol. The molecule has 0 aromatic carbocycles. The summed E-state index contributed by atoms with van der Waals surface area (Å²) < 4.78 is 4.77. The molecule has 0 spiro atoms. The van der Waals surface area contributed by atoms with Crippen LogP contribution in [-0.2, 0) is 4.74 Å². The summed E-state index contributed by atoms with van der Waals surface area (Å²) in [5, 5.41) is 8.64. The molecule has 1 heterocycles. The molecule has 0 bridgehead atoms. The minimum absolute atomic E-state index is 0.185. The second-order valence-electron chi connectivity index (χ2n) is 3.18. The van der Waals surface area contributed by atoms with Gasteiger partial charge in [-0.1, -0.05) is 6.92 Å². The van der Waals surface area contributed by atoms with Gasteiger partial charge in [-0.2, -0.15) is 0 Å². The van der Waals surface area contributed by atoms with Crippen molar-refractivity contribution in [2.75, 3.05) is 26.3 Å². The smallest absolute Gasteiger partial charge is 0.409 e. The molecule has 1 unspecified atom stereocenters. The summed E-state index contributed by atoms with van der Waals surface area (Å²) in [7, 11) is 0. The fraction of sp³-hybridized carbons (Fsp3) is 0.875. The van der Waals surface area contributed by atoms with Crippen LogP contribution in [0.2, 0.25) is 0 Å². The van der Waals surface area contributed by atoms with Crippen molar-refractivity contribution in [1.29, 1.82) is 0 Å². The molecular weight excluding hydrogens is 158 g/mol. The third kappa shape index (κ3) is 2.37. The van der Waals surface area contributed by atoms with Crippen LogP contribution < -0.4 is 0 Å². The maximum atomic E-state index is 11.0. The average Bonchev–Trinajstić information content (AvgIpc) is 2.37. The Kier molecular flexibility index (Phi) is 3.34. The highest BCUT2D eigenvalue weighted by Crippen LogP contribution is 2.09. The number of nitrogens with zero attached hydrogens (tertiary/aromatic N) is 1. The number of hydrogen-bond acceptors (Lipinski definition) is 3. The second-order valence-corrected chi connectivity index (χ2v) is 3.18. The maximum absolute atomic E-state index is 11.0. The Morgan fingerprint density at radius 1 is 1.75 bits per heavy atom. The highest BCUT2D eigenvalue weighted by Gasteiger charge is 2.22. The largest absolute Gasteiger partial charge is 0.448 e. The molecule has 1 saturated heterocycles. The standard InChI is InChI=1S/C8H15NO3/c1-7(2-4-10)6-9-3-5-12-8(9)11/h7,10H,2-6H2,1H3. The highest BCUT2D eigenvalue weighted by molar-refractivity contribution is 5.69. The van der Waals surface area contributed by atoms with E-state index in [0.717, 1.165) is 6.42 Å². The van der Waals surface area contributed by atoms with Gasteiger partial charge in [0.25, 0.3) is 0 Å². The van der Waals surface area contributed by atoms with Gasteiger partial charge in [0.15, 0.2) is 0 Å². The van der Waals surface area contributed by atoms with Gasteiger partial charge in [0.05, 0.1) is 6.54 Å². The number of carbonyl (C=O) groups is 1. The van der Waals surface area contributed by atoms with Gasteiger partial charge in [-0.15, -0.1) is 0 Å². The molecule has 1 fully saturated rings. The number of cyclic esters (lactones) is 1. The molecule has 0 radical (unpaired) electrons. The summed E-state index contributed by atoms with van der Waals surface area (Å²) in [4.78, 5) is 12.6. The van der Waals surface area contributed by atoms with E-state index < -0.39 is 0 Å². The number of ether oxygens (including phenoxy) is 1. The Morgan fingerprint density at radius 3 is 3.00 bits per heavy atom. The lowest BCUT2D eigenvalue weighted by atomic mass is 10.1. The second kappa shape index (κ2) is 4.30. The molecule has 0 aromatic heterocycles. The van der Waals surface area contributed by atoms with E-state index in [1.165, 1.54) is 0 Å². The van der Waals surface area contributed by atoms with E-state index >= 15 is 0 Å². The minimum Gasteiger partial charge on any atom is -0.448 e. The molecule has 4 nitrogen and oxygen atoms in total. The van der Waals surface area contributed by atoms with Gasteiger partial charge < -0.3 is 14.7 Å². The van der Waals surface area contributed by atoms with Crippen LogP contribution in [0.4, 0.5) is 4.79 Å². The van der Waals surface area contributed by atoms with Crippen LogP contribution >= 0.6 is 0 Å². The van der Waals surface area contributed by atoms with E-state index in [0.29, 0.717) is 25.6 Å². The van der Waals surface area contributed by atoms with E-state index in [-0.39, 0.29) is 12.7 Å². The lowest BCUT2D eigenvalue weighted by Crippen LogP contribution is -2.29. The summed E-state index contributed by atoms with van der Waals surface area (Å²) in [5.74, 6) is 0.348. The molecule has 70 valence electrons. The van der Waals surface area contributed by atoms with Crippen LogP contribution in [-0.4, -0.2) is 42.4 Å². The summed E-state index contributed by atoms with van der Waals surface area (Å²) in [6, 6.07) is 0. The molecule has 1 aliphatic rings. The zero-order chi connectivity index (χ0) is 8.97. The van der Waals surface area contributed by atoms with Crippen molar-refractivity contribution in [2.24, 2.45) is 5.92 Å². The molecule has 0 aromatic rings. The topological polar surface area (TPSA) is 49.8 Å². The van der Waals surface area contributed by atoms with Crippen molar-refractivity contribution in [3.05, 3.63) is 0 Å². The first-order chi connectivity index (χ1) is 5.74. The zero-order valence-corrected chi connectivity index (χ0v) is 7.32. The summed E-state index contributed by atoms with van der Waals surface area (Å²) in [6.45, 7) is 4.09. The number of amides is 1. The average molecular weight is 173 g/mol. The van der Waals surface area contributed by atoms with Crippen LogP contribution in [0.1, 0.15) is 13.3 Å². The van der Waals surface area contributed by atoms with Gasteiger partial charge >= 0.3 is 6.09 Å². The van der Waals surface area contributed by atoms with Gasteiger partial charge in [0, 0.05) is 13.2 Å². The lowest BCUT2D eigenvalue weighted by Gasteiger charge is -2.17. The summed E-state index contributed by atoms with van der Waals surface area (Å²) in [5.41, 5.74) is 0. The van der Waals surface area contributed by atoms with Crippen molar-refractivity contribution in [3.63, 3.8) is 0 Å². The normalized spacial score (nSPS) is 19.5. The van der Waals surface area contributed by atoms with Crippen molar-refractivity contribution in [1.82, 2.24) is 4.90 Å². The predicted octanol–water partition coefficient (Wildman–Crippen LogP) is 0.457. The molecule has 1 rings (SSSR count). The Bertz CT molecular complexity index is 160. The molecule has 0 aliphatic carbocycles. The molecule has 12 heavy (non-hydrogen) atoms. The summed E-state index contributed by atoms with van der Waals surface area (Å²) >= 11 is 0. The van der Waals surface area contributed by atoms with Gasteiger partial charge in [-0.25, -0.2) is 4.79 Å². The molecule has 1 atom stereocenters. The molecular formula is C8H15NO3. The Balaban J connectivity index is 2.25. The number of aliphatic hydroxyl groups excluding tert-OH is 1. The zero-order valence-electron chi connectivity index (χ0n) is 7.32. The first-order valence-corrected chi connectivity index (χ1v) is 4.26. The van der Waals surface area contributed by atoms with E-state index in [1.54, 1.807) is 4.90 Å².